The molecule has 2 aromatic carbocycles. The molecule has 0 N–H and O–H groups in total. The van der Waals surface area contributed by atoms with E-state index in [4.69, 9.17) is 9.47 Å². The molecule has 9 heteroatoms. The Morgan fingerprint density at radius 3 is 2.45 bits per heavy atom. The molecule has 0 atom stereocenters. The van der Waals surface area contributed by atoms with Crippen molar-refractivity contribution in [3.63, 3.8) is 0 Å². The number of nitrogens with zero attached hydrogens (tertiary/aromatic N) is 1. The number of aryl methyl sites for hydroxylation is 1. The van der Waals surface area contributed by atoms with Gasteiger partial charge in [-0.15, -0.1) is 0 Å². The van der Waals surface area contributed by atoms with Crippen molar-refractivity contribution in [3.05, 3.63) is 58.6 Å². The van der Waals surface area contributed by atoms with Gasteiger partial charge < -0.3 is 18.8 Å². The Bertz CT molecular complexity index is 1300. The standard InChI is InChI=1S/C24H26FNO6S/c1-3-13-32-21-10-9-20(25)22-23(21)26(11-15-33(29,30)14-4-12-27)16-19(24(22)28)17-5-7-18(31-2)8-6-17/h5-10,12,16H,3-4,11,13-15H2,1-2H3. The summed E-state index contributed by atoms with van der Waals surface area (Å²) in [4.78, 5) is 23.9. The normalized spacial score (nSPS) is 11.5. The number of hydrogen-bond acceptors (Lipinski definition) is 6. The first-order valence-corrected chi connectivity index (χ1v) is 12.4. The zero-order valence-electron chi connectivity index (χ0n) is 18.5. The molecule has 1 aromatic heterocycles. The second-order valence-electron chi connectivity index (χ2n) is 7.52. The number of carbonyl (C=O) groups is 1. The van der Waals surface area contributed by atoms with E-state index < -0.39 is 21.1 Å². The van der Waals surface area contributed by atoms with Gasteiger partial charge in [0.2, 0.25) is 0 Å². The summed E-state index contributed by atoms with van der Waals surface area (Å²) in [5.74, 6) is -0.357. The molecule has 0 bridgehead atoms. The fraction of sp³-hybridized carbons (Fsp3) is 0.333. The molecule has 0 fully saturated rings. The lowest BCUT2D eigenvalue weighted by Crippen LogP contribution is -2.20. The van der Waals surface area contributed by atoms with Gasteiger partial charge in [0, 0.05) is 24.7 Å². The van der Waals surface area contributed by atoms with Crippen molar-refractivity contribution in [2.24, 2.45) is 0 Å². The van der Waals surface area contributed by atoms with E-state index in [1.165, 1.54) is 25.4 Å². The van der Waals surface area contributed by atoms with E-state index in [2.05, 4.69) is 0 Å². The number of pyridine rings is 1. The van der Waals surface area contributed by atoms with Crippen LogP contribution in [0.15, 0.2) is 47.4 Å². The quantitative estimate of drug-likeness (QED) is 0.394. The first kappa shape index (κ1) is 24.4. The Morgan fingerprint density at radius 1 is 1.09 bits per heavy atom. The summed E-state index contributed by atoms with van der Waals surface area (Å²) < 4.78 is 52.1. The molecule has 1 heterocycles. The number of fused-ring (bicyclic) bond motifs is 1. The van der Waals surface area contributed by atoms with E-state index in [0.29, 0.717) is 36.4 Å². The molecule has 0 aliphatic rings. The van der Waals surface area contributed by atoms with E-state index in [-0.39, 0.29) is 40.9 Å². The molecule has 0 unspecified atom stereocenters. The highest BCUT2D eigenvalue weighted by atomic mass is 32.2. The third-order valence-electron chi connectivity index (χ3n) is 5.19. The van der Waals surface area contributed by atoms with Gasteiger partial charge >= 0.3 is 0 Å². The van der Waals surface area contributed by atoms with Crippen LogP contribution in [0.3, 0.4) is 0 Å². The Hall–Kier alpha value is -3.20. The monoisotopic (exact) mass is 475 g/mol. The fourth-order valence-electron chi connectivity index (χ4n) is 3.51. The summed E-state index contributed by atoms with van der Waals surface area (Å²) in [7, 11) is -2.00. The molecule has 0 saturated carbocycles. The summed E-state index contributed by atoms with van der Waals surface area (Å²) in [5.41, 5.74) is 0.451. The molecule has 33 heavy (non-hydrogen) atoms. The van der Waals surface area contributed by atoms with Crippen molar-refractivity contribution in [1.82, 2.24) is 4.57 Å². The van der Waals surface area contributed by atoms with Gasteiger partial charge in [0.1, 0.15) is 23.6 Å². The van der Waals surface area contributed by atoms with Crippen molar-refractivity contribution >= 4 is 27.0 Å². The molecule has 0 aliphatic heterocycles. The van der Waals surface area contributed by atoms with E-state index in [1.54, 1.807) is 28.8 Å². The lowest BCUT2D eigenvalue weighted by atomic mass is 10.0. The fourth-order valence-corrected chi connectivity index (χ4v) is 4.64. The maximum absolute atomic E-state index is 14.9. The lowest BCUT2D eigenvalue weighted by molar-refractivity contribution is -0.107. The predicted molar refractivity (Wildman–Crippen MR) is 125 cm³/mol. The summed E-state index contributed by atoms with van der Waals surface area (Å²) in [5, 5.41) is -0.165. The van der Waals surface area contributed by atoms with E-state index in [0.717, 1.165) is 0 Å². The molecule has 0 radical (unpaired) electrons. The number of rotatable bonds is 11. The van der Waals surface area contributed by atoms with Crippen LogP contribution in [0.1, 0.15) is 19.8 Å². The lowest BCUT2D eigenvalue weighted by Gasteiger charge is -2.17. The summed E-state index contributed by atoms with van der Waals surface area (Å²) >= 11 is 0. The number of methoxy groups -OCH3 is 1. The number of aromatic nitrogens is 1. The van der Waals surface area contributed by atoms with Gasteiger partial charge in [0.05, 0.1) is 36.1 Å². The van der Waals surface area contributed by atoms with E-state index >= 15 is 0 Å². The van der Waals surface area contributed by atoms with Crippen LogP contribution in [0.2, 0.25) is 0 Å². The molecule has 0 saturated heterocycles. The van der Waals surface area contributed by atoms with Crippen LogP contribution < -0.4 is 14.9 Å². The van der Waals surface area contributed by atoms with Crippen molar-refractivity contribution in [1.29, 1.82) is 0 Å². The minimum atomic E-state index is -3.53. The van der Waals surface area contributed by atoms with Gasteiger partial charge in [-0.25, -0.2) is 12.8 Å². The molecule has 0 spiro atoms. The number of benzene rings is 2. The predicted octanol–water partition coefficient (Wildman–Crippen LogP) is 3.61. The molecule has 0 amide bonds. The van der Waals surface area contributed by atoms with Gasteiger partial charge in [-0.05, 0) is 36.2 Å². The highest BCUT2D eigenvalue weighted by Gasteiger charge is 2.20. The van der Waals surface area contributed by atoms with Crippen LogP contribution in [0, 0.1) is 5.82 Å². The van der Waals surface area contributed by atoms with Crippen molar-refractivity contribution in [2.45, 2.75) is 26.3 Å². The average Bonchev–Trinajstić information content (AvgIpc) is 2.82. The van der Waals surface area contributed by atoms with E-state index in [9.17, 15) is 22.4 Å². The zero-order chi connectivity index (χ0) is 24.0. The van der Waals surface area contributed by atoms with Crippen LogP contribution in [0.25, 0.3) is 22.0 Å². The topological polar surface area (TPSA) is 91.7 Å². The van der Waals surface area contributed by atoms with Crippen LogP contribution in [0.5, 0.6) is 11.5 Å². The van der Waals surface area contributed by atoms with E-state index in [1.807, 2.05) is 6.92 Å². The Kier molecular flexibility index (Phi) is 7.86. The van der Waals surface area contributed by atoms with Crippen LogP contribution >= 0.6 is 0 Å². The van der Waals surface area contributed by atoms with Crippen LogP contribution in [-0.2, 0) is 21.2 Å². The SMILES string of the molecule is CCCOc1ccc(F)c2c(=O)c(-c3ccc(OC)cc3)cn(CCS(=O)(=O)CCC=O)c12. The smallest absolute Gasteiger partial charge is 0.200 e. The van der Waals surface area contributed by atoms with Crippen molar-refractivity contribution < 1.29 is 27.1 Å². The van der Waals surface area contributed by atoms with Crippen molar-refractivity contribution in [2.75, 3.05) is 25.2 Å². The van der Waals surface area contributed by atoms with Gasteiger partial charge in [-0.3, -0.25) is 4.79 Å². The number of carbonyl (C=O) groups excluding carboxylic acids is 1. The molecule has 0 aliphatic carbocycles. The maximum atomic E-state index is 14.9. The molecule has 3 rings (SSSR count). The Labute approximate surface area is 191 Å². The molecule has 3 aromatic rings. The first-order chi connectivity index (χ1) is 15.8. The van der Waals surface area contributed by atoms with Gasteiger partial charge in [0.25, 0.3) is 0 Å². The highest BCUT2D eigenvalue weighted by Crippen LogP contribution is 2.30. The number of aldehydes is 1. The second-order valence-corrected chi connectivity index (χ2v) is 9.82. The Balaban J connectivity index is 2.21. The number of sulfone groups is 1. The second kappa shape index (κ2) is 10.6. The Morgan fingerprint density at radius 2 is 1.82 bits per heavy atom. The number of hydrogen-bond donors (Lipinski definition) is 0. The van der Waals surface area contributed by atoms with Gasteiger partial charge in [0.15, 0.2) is 15.3 Å². The maximum Gasteiger partial charge on any atom is 0.200 e. The summed E-state index contributed by atoms with van der Waals surface area (Å²) in [6, 6.07) is 9.35. The molecule has 7 nitrogen and oxygen atoms in total. The van der Waals surface area contributed by atoms with Gasteiger partial charge in [-0.1, -0.05) is 19.1 Å². The summed E-state index contributed by atoms with van der Waals surface area (Å²) in [6.45, 7) is 2.24. The van der Waals surface area contributed by atoms with Crippen LogP contribution in [-0.4, -0.2) is 44.5 Å². The summed E-state index contributed by atoms with van der Waals surface area (Å²) in [6.07, 6.45) is 2.69. The highest BCUT2D eigenvalue weighted by molar-refractivity contribution is 7.91. The molecule has 176 valence electrons. The van der Waals surface area contributed by atoms with Gasteiger partial charge in [-0.2, -0.15) is 0 Å². The molecular weight excluding hydrogens is 449 g/mol. The van der Waals surface area contributed by atoms with Crippen molar-refractivity contribution in [3.8, 4) is 22.6 Å². The zero-order valence-corrected chi connectivity index (χ0v) is 19.4. The number of ether oxygens (including phenoxy) is 2. The number of halogens is 1. The largest absolute Gasteiger partial charge is 0.497 e. The first-order valence-electron chi connectivity index (χ1n) is 10.6. The molecular formula is C24H26FNO6S. The van der Waals surface area contributed by atoms with Crippen LogP contribution in [0.4, 0.5) is 4.39 Å². The minimum absolute atomic E-state index is 0.0347. The average molecular weight is 476 g/mol. The third-order valence-corrected chi connectivity index (χ3v) is 6.85. The third kappa shape index (κ3) is 5.60. The minimum Gasteiger partial charge on any atom is -0.497 e.